The molecule has 3 rings (SSSR count). The first-order valence-corrected chi connectivity index (χ1v) is 8.05. The van der Waals surface area contributed by atoms with E-state index in [1.165, 1.54) is 0 Å². The normalized spacial score (nSPS) is 9.85. The molecule has 0 atom stereocenters. The van der Waals surface area contributed by atoms with Crippen LogP contribution >= 0.6 is 0 Å². The fraction of sp³-hybridized carbons (Fsp3) is 0.0952. The Morgan fingerprint density at radius 1 is 1.08 bits per heavy atom. The third-order valence-corrected chi connectivity index (χ3v) is 3.75. The number of nitriles is 1. The van der Waals surface area contributed by atoms with E-state index < -0.39 is 0 Å². The second kappa shape index (κ2) is 7.94. The van der Waals surface area contributed by atoms with Crippen LogP contribution in [0.3, 0.4) is 0 Å². The van der Waals surface area contributed by atoms with Crippen molar-refractivity contribution in [3.05, 3.63) is 65.9 Å². The molecule has 0 amide bonds. The number of anilines is 1. The summed E-state index contributed by atoms with van der Waals surface area (Å²) in [6.07, 6.45) is 2.12. The molecule has 0 fully saturated rings. The number of hydrogen-bond acceptors (Lipinski definition) is 5. The Hall–Kier alpha value is -3.67. The summed E-state index contributed by atoms with van der Waals surface area (Å²) in [5.74, 6) is 6.04. The van der Waals surface area contributed by atoms with Crippen LogP contribution in [0.5, 0.6) is 0 Å². The average Bonchev–Trinajstić information content (AvgIpc) is 2.69. The molecule has 0 unspecified atom stereocenters. The molecule has 0 aliphatic carbocycles. The second-order valence-electron chi connectivity index (χ2n) is 5.49. The number of nitrogen functional groups attached to an aromatic ring is 1. The van der Waals surface area contributed by atoms with Crippen molar-refractivity contribution in [2.75, 3.05) is 12.3 Å². The standard InChI is InChI=1S/C21H16N4O/c22-14-18-17(16-9-7-15(8-10-16)5-2-4-12-26)13-20(25-21(18)23)19-6-1-3-11-24-19/h1,3,6-11,13,26H,4,12H2,(H2,23,25). The fourth-order valence-corrected chi connectivity index (χ4v) is 2.51. The van der Waals surface area contributed by atoms with Gasteiger partial charge in [-0.2, -0.15) is 5.26 Å². The minimum atomic E-state index is 0.0448. The second-order valence-corrected chi connectivity index (χ2v) is 5.49. The van der Waals surface area contributed by atoms with Crippen molar-refractivity contribution in [1.29, 1.82) is 5.26 Å². The van der Waals surface area contributed by atoms with Crippen LogP contribution in [0.15, 0.2) is 54.7 Å². The molecule has 5 nitrogen and oxygen atoms in total. The summed E-state index contributed by atoms with van der Waals surface area (Å²) in [6, 6.07) is 17.0. The number of hydrogen-bond donors (Lipinski definition) is 2. The van der Waals surface area contributed by atoms with Gasteiger partial charge >= 0.3 is 0 Å². The Bertz CT molecular complexity index is 1010. The molecule has 5 heteroatoms. The molecule has 0 saturated heterocycles. The minimum Gasteiger partial charge on any atom is -0.395 e. The summed E-state index contributed by atoms with van der Waals surface area (Å²) < 4.78 is 0. The van der Waals surface area contributed by atoms with Crippen LogP contribution in [-0.4, -0.2) is 21.7 Å². The highest BCUT2D eigenvalue weighted by atomic mass is 16.2. The van der Waals surface area contributed by atoms with Gasteiger partial charge in [-0.3, -0.25) is 4.98 Å². The van der Waals surface area contributed by atoms with Crippen LogP contribution in [0.25, 0.3) is 22.5 Å². The van der Waals surface area contributed by atoms with Crippen LogP contribution in [0.1, 0.15) is 17.5 Å². The zero-order valence-electron chi connectivity index (χ0n) is 14.0. The first-order valence-electron chi connectivity index (χ1n) is 8.05. The van der Waals surface area contributed by atoms with Gasteiger partial charge < -0.3 is 10.8 Å². The molecule has 1 aromatic carbocycles. The first kappa shape index (κ1) is 17.2. The van der Waals surface area contributed by atoms with Crippen LogP contribution in [0.4, 0.5) is 5.82 Å². The highest BCUT2D eigenvalue weighted by Crippen LogP contribution is 2.30. The number of pyridine rings is 2. The molecule has 0 bridgehead atoms. The molecule has 0 radical (unpaired) electrons. The monoisotopic (exact) mass is 340 g/mol. The molecule has 126 valence electrons. The van der Waals surface area contributed by atoms with E-state index in [9.17, 15) is 5.26 Å². The SMILES string of the molecule is N#Cc1c(-c2ccc(C#CCCO)cc2)cc(-c2ccccn2)nc1N. The Balaban J connectivity index is 2.05. The summed E-state index contributed by atoms with van der Waals surface area (Å²) in [5.41, 5.74) is 10.0. The molecular weight excluding hydrogens is 324 g/mol. The van der Waals surface area contributed by atoms with E-state index in [0.717, 1.165) is 11.1 Å². The van der Waals surface area contributed by atoms with Gasteiger partial charge in [-0.05, 0) is 35.9 Å². The molecule has 0 spiro atoms. The van der Waals surface area contributed by atoms with Gasteiger partial charge in [0.15, 0.2) is 0 Å². The van der Waals surface area contributed by atoms with E-state index in [1.54, 1.807) is 6.20 Å². The predicted molar refractivity (Wildman–Crippen MR) is 101 cm³/mol. The lowest BCUT2D eigenvalue weighted by Gasteiger charge is -2.10. The minimum absolute atomic E-state index is 0.0448. The van der Waals surface area contributed by atoms with E-state index in [4.69, 9.17) is 10.8 Å². The Labute approximate surface area is 151 Å². The maximum Gasteiger partial charge on any atom is 0.142 e. The lowest BCUT2D eigenvalue weighted by molar-refractivity contribution is 0.305. The van der Waals surface area contributed by atoms with E-state index in [1.807, 2.05) is 48.5 Å². The van der Waals surface area contributed by atoms with Gasteiger partial charge in [0.25, 0.3) is 0 Å². The largest absolute Gasteiger partial charge is 0.395 e. The van der Waals surface area contributed by atoms with Crippen molar-refractivity contribution in [1.82, 2.24) is 9.97 Å². The Morgan fingerprint density at radius 2 is 1.88 bits per heavy atom. The highest BCUT2D eigenvalue weighted by molar-refractivity contribution is 5.79. The summed E-state index contributed by atoms with van der Waals surface area (Å²) in [6.45, 7) is 0.0448. The van der Waals surface area contributed by atoms with Crippen LogP contribution in [0, 0.1) is 23.2 Å². The van der Waals surface area contributed by atoms with Crippen molar-refractivity contribution in [2.45, 2.75) is 6.42 Å². The molecule has 0 saturated carbocycles. The van der Waals surface area contributed by atoms with E-state index in [-0.39, 0.29) is 12.4 Å². The van der Waals surface area contributed by atoms with Gasteiger partial charge in [-0.15, -0.1) is 0 Å². The summed E-state index contributed by atoms with van der Waals surface area (Å²) in [4.78, 5) is 8.61. The van der Waals surface area contributed by atoms with Gasteiger partial charge in [0.2, 0.25) is 0 Å². The third kappa shape index (κ3) is 3.70. The number of nitrogens with two attached hydrogens (primary N) is 1. The molecule has 2 aromatic heterocycles. The first-order chi connectivity index (χ1) is 12.7. The average molecular weight is 340 g/mol. The number of aromatic nitrogens is 2. The number of benzene rings is 1. The zero-order chi connectivity index (χ0) is 18.4. The number of aliphatic hydroxyl groups excluding tert-OH is 1. The maximum absolute atomic E-state index is 9.49. The molecule has 26 heavy (non-hydrogen) atoms. The van der Waals surface area contributed by atoms with Crippen molar-refractivity contribution in [2.24, 2.45) is 0 Å². The van der Waals surface area contributed by atoms with E-state index in [2.05, 4.69) is 27.9 Å². The van der Waals surface area contributed by atoms with Crippen molar-refractivity contribution >= 4 is 5.82 Å². The molecule has 3 N–H and O–H groups in total. The Kier molecular flexibility index (Phi) is 5.24. The summed E-state index contributed by atoms with van der Waals surface area (Å²) in [7, 11) is 0. The van der Waals surface area contributed by atoms with Gasteiger partial charge in [0.05, 0.1) is 18.0 Å². The fourth-order valence-electron chi connectivity index (χ4n) is 2.51. The highest BCUT2D eigenvalue weighted by Gasteiger charge is 2.13. The molecule has 0 aliphatic heterocycles. The quantitative estimate of drug-likeness (QED) is 0.715. The van der Waals surface area contributed by atoms with Crippen LogP contribution in [-0.2, 0) is 0 Å². The van der Waals surface area contributed by atoms with Gasteiger partial charge in [0.1, 0.15) is 17.5 Å². The predicted octanol–water partition coefficient (Wildman–Crippen LogP) is 3.00. The van der Waals surface area contributed by atoms with E-state index in [0.29, 0.717) is 28.9 Å². The number of aliphatic hydroxyl groups is 1. The zero-order valence-corrected chi connectivity index (χ0v) is 14.0. The van der Waals surface area contributed by atoms with E-state index >= 15 is 0 Å². The lowest BCUT2D eigenvalue weighted by Crippen LogP contribution is -2.00. The summed E-state index contributed by atoms with van der Waals surface area (Å²) >= 11 is 0. The topological polar surface area (TPSA) is 95.8 Å². The third-order valence-electron chi connectivity index (χ3n) is 3.75. The van der Waals surface area contributed by atoms with Crippen LogP contribution in [0.2, 0.25) is 0 Å². The molecule has 2 heterocycles. The number of nitrogens with zero attached hydrogens (tertiary/aromatic N) is 3. The van der Waals surface area contributed by atoms with Gasteiger partial charge in [-0.1, -0.05) is 30.0 Å². The maximum atomic E-state index is 9.49. The van der Waals surface area contributed by atoms with Gasteiger partial charge in [-0.25, -0.2) is 4.98 Å². The van der Waals surface area contributed by atoms with Crippen molar-refractivity contribution < 1.29 is 5.11 Å². The lowest BCUT2D eigenvalue weighted by atomic mass is 9.98. The van der Waals surface area contributed by atoms with Crippen molar-refractivity contribution in [3.63, 3.8) is 0 Å². The Morgan fingerprint density at radius 3 is 2.54 bits per heavy atom. The molecular formula is C21H16N4O. The smallest absolute Gasteiger partial charge is 0.142 e. The van der Waals surface area contributed by atoms with Gasteiger partial charge in [0, 0.05) is 23.7 Å². The van der Waals surface area contributed by atoms with Crippen molar-refractivity contribution in [3.8, 4) is 40.4 Å². The number of rotatable bonds is 3. The molecule has 0 aliphatic rings. The summed E-state index contributed by atoms with van der Waals surface area (Å²) in [5, 5.41) is 18.3. The van der Waals surface area contributed by atoms with Crippen LogP contribution < -0.4 is 5.73 Å². The molecule has 3 aromatic rings.